The van der Waals surface area contributed by atoms with Gasteiger partial charge in [0, 0.05) is 0 Å². The van der Waals surface area contributed by atoms with Crippen LogP contribution in [0.5, 0.6) is 0 Å². The third kappa shape index (κ3) is 5.25. The first-order valence-electron chi connectivity index (χ1n) is 6.85. The van der Waals surface area contributed by atoms with Crippen molar-refractivity contribution in [2.45, 2.75) is 57.8 Å². The van der Waals surface area contributed by atoms with E-state index < -0.39 is 23.5 Å². The van der Waals surface area contributed by atoms with E-state index in [4.69, 9.17) is 0 Å². The fourth-order valence-electron chi connectivity index (χ4n) is 2.13. The van der Waals surface area contributed by atoms with Crippen LogP contribution in [0.3, 0.4) is 0 Å². The molecule has 120 valence electrons. The van der Waals surface area contributed by atoms with Crippen LogP contribution in [0.1, 0.15) is 62.1 Å². The minimum Gasteiger partial charge on any atom is -0.166 e. The van der Waals surface area contributed by atoms with Gasteiger partial charge in [0.2, 0.25) is 0 Å². The van der Waals surface area contributed by atoms with Crippen molar-refractivity contribution in [3.63, 3.8) is 0 Å². The van der Waals surface area contributed by atoms with Gasteiger partial charge in [-0.2, -0.15) is 26.3 Å². The Balaban J connectivity index is 3.13. The van der Waals surface area contributed by atoms with E-state index in [1.807, 2.05) is 6.92 Å². The molecule has 0 radical (unpaired) electrons. The Kier molecular flexibility index (Phi) is 5.70. The summed E-state index contributed by atoms with van der Waals surface area (Å²) in [6.45, 7) is 3.64. The summed E-state index contributed by atoms with van der Waals surface area (Å²) in [5, 5.41) is 0. The largest absolute Gasteiger partial charge is 0.416 e. The number of hydrogen-bond donors (Lipinski definition) is 0. The molecule has 1 unspecified atom stereocenters. The molecule has 0 aliphatic rings. The summed E-state index contributed by atoms with van der Waals surface area (Å²) in [5.74, 6) is -0.333. The molecule has 1 aromatic carbocycles. The normalized spacial score (nSPS) is 14.3. The molecule has 0 aliphatic carbocycles. The summed E-state index contributed by atoms with van der Waals surface area (Å²) in [5.41, 5.74) is -2.39. The molecule has 0 aromatic heterocycles. The number of unbranched alkanes of at least 4 members (excludes halogenated alkanes) is 2. The Labute approximate surface area is 120 Å². The van der Waals surface area contributed by atoms with Crippen molar-refractivity contribution in [3.8, 4) is 0 Å². The molecule has 6 heteroatoms. The lowest BCUT2D eigenvalue weighted by Crippen LogP contribution is -2.12. The van der Waals surface area contributed by atoms with Crippen LogP contribution in [-0.4, -0.2) is 0 Å². The molecule has 1 aromatic rings. The summed E-state index contributed by atoms with van der Waals surface area (Å²) >= 11 is 0. The first kappa shape index (κ1) is 17.9. The standard InChI is InChI=1S/C15H18F6/c1-3-4-5-6-10(2)11-7-12(14(16,17)18)9-13(8-11)15(19,20)21/h7-10H,3-6H2,1-2H3. The lowest BCUT2D eigenvalue weighted by molar-refractivity contribution is -0.143. The van der Waals surface area contributed by atoms with E-state index in [9.17, 15) is 26.3 Å². The third-order valence-corrected chi connectivity index (χ3v) is 3.42. The van der Waals surface area contributed by atoms with E-state index >= 15 is 0 Å². The zero-order chi connectivity index (χ0) is 16.3. The van der Waals surface area contributed by atoms with E-state index in [1.165, 1.54) is 0 Å². The highest BCUT2D eigenvalue weighted by Crippen LogP contribution is 2.38. The fourth-order valence-corrected chi connectivity index (χ4v) is 2.13. The average Bonchev–Trinajstić information content (AvgIpc) is 2.36. The van der Waals surface area contributed by atoms with Crippen LogP contribution in [0.15, 0.2) is 18.2 Å². The van der Waals surface area contributed by atoms with Crippen LogP contribution in [-0.2, 0) is 12.4 Å². The third-order valence-electron chi connectivity index (χ3n) is 3.42. The van der Waals surface area contributed by atoms with Crippen LogP contribution in [0, 0.1) is 0 Å². The van der Waals surface area contributed by atoms with Gasteiger partial charge in [0.05, 0.1) is 11.1 Å². The van der Waals surface area contributed by atoms with Crippen LogP contribution < -0.4 is 0 Å². The van der Waals surface area contributed by atoms with E-state index in [-0.39, 0.29) is 17.5 Å². The van der Waals surface area contributed by atoms with Crippen molar-refractivity contribution in [3.05, 3.63) is 34.9 Å². The summed E-state index contributed by atoms with van der Waals surface area (Å²) in [7, 11) is 0. The van der Waals surface area contributed by atoms with Crippen LogP contribution in [0.25, 0.3) is 0 Å². The van der Waals surface area contributed by atoms with E-state index in [0.29, 0.717) is 6.42 Å². The Morgan fingerprint density at radius 2 is 1.33 bits per heavy atom. The molecule has 1 rings (SSSR count). The van der Waals surface area contributed by atoms with Crippen molar-refractivity contribution in [1.29, 1.82) is 0 Å². The summed E-state index contributed by atoms with van der Waals surface area (Å²) < 4.78 is 76.4. The predicted octanol–water partition coefficient (Wildman–Crippen LogP) is 6.41. The molecule has 0 nitrogen and oxygen atoms in total. The molecule has 21 heavy (non-hydrogen) atoms. The first-order valence-corrected chi connectivity index (χ1v) is 6.85. The Morgan fingerprint density at radius 3 is 1.71 bits per heavy atom. The van der Waals surface area contributed by atoms with Crippen LogP contribution >= 0.6 is 0 Å². The second-order valence-electron chi connectivity index (χ2n) is 5.24. The topological polar surface area (TPSA) is 0 Å². The van der Waals surface area contributed by atoms with Gasteiger partial charge in [-0.3, -0.25) is 0 Å². The van der Waals surface area contributed by atoms with Crippen LogP contribution in [0.4, 0.5) is 26.3 Å². The predicted molar refractivity (Wildman–Crippen MR) is 69.0 cm³/mol. The summed E-state index contributed by atoms with van der Waals surface area (Å²) in [4.78, 5) is 0. The molecule has 0 spiro atoms. The lowest BCUT2D eigenvalue weighted by Gasteiger charge is -2.18. The number of benzene rings is 1. The van der Waals surface area contributed by atoms with Gasteiger partial charge in [0.15, 0.2) is 0 Å². The highest BCUT2D eigenvalue weighted by atomic mass is 19.4. The van der Waals surface area contributed by atoms with Gasteiger partial charge in [-0.25, -0.2) is 0 Å². The second-order valence-corrected chi connectivity index (χ2v) is 5.24. The maximum atomic E-state index is 12.7. The highest BCUT2D eigenvalue weighted by molar-refractivity contribution is 5.35. The second kappa shape index (κ2) is 6.71. The van der Waals surface area contributed by atoms with Crippen LogP contribution in [0.2, 0.25) is 0 Å². The molecular weight excluding hydrogens is 294 g/mol. The monoisotopic (exact) mass is 312 g/mol. The lowest BCUT2D eigenvalue weighted by atomic mass is 9.92. The Hall–Kier alpha value is -1.20. The van der Waals surface area contributed by atoms with Gasteiger partial charge < -0.3 is 0 Å². The number of rotatable bonds is 5. The summed E-state index contributed by atoms with van der Waals surface area (Å²) in [6.07, 6.45) is -6.33. The smallest absolute Gasteiger partial charge is 0.166 e. The van der Waals surface area contributed by atoms with Gasteiger partial charge in [-0.1, -0.05) is 33.1 Å². The van der Waals surface area contributed by atoms with Gasteiger partial charge in [0.25, 0.3) is 0 Å². The van der Waals surface area contributed by atoms with Crippen molar-refractivity contribution in [2.24, 2.45) is 0 Å². The molecule has 0 aliphatic heterocycles. The summed E-state index contributed by atoms with van der Waals surface area (Å²) in [6, 6.07) is 1.82. The number of halogens is 6. The van der Waals surface area contributed by atoms with Gasteiger partial charge >= 0.3 is 12.4 Å². The zero-order valence-electron chi connectivity index (χ0n) is 11.9. The van der Waals surface area contributed by atoms with Gasteiger partial charge in [0.1, 0.15) is 0 Å². The maximum Gasteiger partial charge on any atom is 0.416 e. The number of alkyl halides is 6. The molecule has 0 fully saturated rings. The maximum absolute atomic E-state index is 12.7. The van der Waals surface area contributed by atoms with Crippen molar-refractivity contribution in [1.82, 2.24) is 0 Å². The molecule has 0 heterocycles. The van der Waals surface area contributed by atoms with Gasteiger partial charge in [-0.15, -0.1) is 0 Å². The Bertz CT molecular complexity index is 426. The van der Waals surface area contributed by atoms with Crippen molar-refractivity contribution < 1.29 is 26.3 Å². The minimum absolute atomic E-state index is 0.0910. The van der Waals surface area contributed by atoms with Crippen molar-refractivity contribution >= 4 is 0 Å². The van der Waals surface area contributed by atoms with E-state index in [0.717, 1.165) is 31.4 Å². The molecular formula is C15H18F6. The SMILES string of the molecule is CCCCCC(C)c1cc(C(F)(F)F)cc(C(F)(F)F)c1. The molecule has 0 bridgehead atoms. The van der Waals surface area contributed by atoms with Gasteiger partial charge in [-0.05, 0) is 36.1 Å². The number of hydrogen-bond acceptors (Lipinski definition) is 0. The average molecular weight is 312 g/mol. The molecule has 1 atom stereocenters. The molecule has 0 N–H and O–H groups in total. The minimum atomic E-state index is -4.78. The van der Waals surface area contributed by atoms with E-state index in [2.05, 4.69) is 0 Å². The highest BCUT2D eigenvalue weighted by Gasteiger charge is 2.37. The van der Waals surface area contributed by atoms with Crippen molar-refractivity contribution in [2.75, 3.05) is 0 Å². The zero-order valence-corrected chi connectivity index (χ0v) is 11.9. The quantitative estimate of drug-likeness (QED) is 0.435. The Morgan fingerprint density at radius 1 is 0.857 bits per heavy atom. The molecule has 0 saturated carbocycles. The molecule has 0 amide bonds. The molecule has 0 saturated heterocycles. The first-order chi connectivity index (χ1) is 9.55. The van der Waals surface area contributed by atoms with E-state index in [1.54, 1.807) is 6.92 Å². The fraction of sp³-hybridized carbons (Fsp3) is 0.600.